The average molecular weight is 315 g/mol. The summed E-state index contributed by atoms with van der Waals surface area (Å²) in [7, 11) is 0. The second kappa shape index (κ2) is 5.41. The highest BCUT2D eigenvalue weighted by atomic mass is 79.9. The van der Waals surface area contributed by atoms with Crippen LogP contribution in [0.15, 0.2) is 34.9 Å². The molecular weight excluding hydrogens is 306 g/mol. The number of hydrogen-bond acceptors (Lipinski definition) is 3. The van der Waals surface area contributed by atoms with Gasteiger partial charge in [0.2, 0.25) is 5.82 Å². The van der Waals surface area contributed by atoms with Crippen LogP contribution in [0, 0.1) is 11.6 Å². The summed E-state index contributed by atoms with van der Waals surface area (Å²) in [4.78, 5) is 3.99. The summed E-state index contributed by atoms with van der Waals surface area (Å²) in [6.07, 6.45) is 1.40. The van der Waals surface area contributed by atoms with Crippen molar-refractivity contribution in [2.75, 3.05) is 0 Å². The van der Waals surface area contributed by atoms with E-state index in [4.69, 9.17) is 10.5 Å². The van der Waals surface area contributed by atoms with Crippen molar-refractivity contribution in [1.29, 1.82) is 0 Å². The van der Waals surface area contributed by atoms with Crippen molar-refractivity contribution >= 4 is 15.9 Å². The van der Waals surface area contributed by atoms with Gasteiger partial charge in [-0.1, -0.05) is 15.9 Å². The topological polar surface area (TPSA) is 48.1 Å². The molecule has 0 aliphatic heterocycles. The summed E-state index contributed by atoms with van der Waals surface area (Å²) in [5.41, 5.74) is 6.08. The van der Waals surface area contributed by atoms with Crippen LogP contribution in [0.4, 0.5) is 8.78 Å². The molecule has 0 saturated carbocycles. The predicted octanol–water partition coefficient (Wildman–Crippen LogP) is 3.37. The van der Waals surface area contributed by atoms with Gasteiger partial charge in [-0.05, 0) is 24.3 Å². The Balaban J connectivity index is 2.27. The molecule has 3 nitrogen and oxygen atoms in total. The lowest BCUT2D eigenvalue weighted by atomic mass is 10.3. The quantitative estimate of drug-likeness (QED) is 0.884. The van der Waals surface area contributed by atoms with Crippen molar-refractivity contribution in [3.63, 3.8) is 0 Å². The molecule has 0 aliphatic carbocycles. The second-order valence-corrected chi connectivity index (χ2v) is 4.41. The molecule has 1 heterocycles. The first-order valence-corrected chi connectivity index (χ1v) is 5.87. The number of pyridine rings is 1. The molecule has 0 atom stereocenters. The summed E-state index contributed by atoms with van der Waals surface area (Å²) in [6, 6.07) is 5.61. The summed E-state index contributed by atoms with van der Waals surface area (Å²) in [5, 5.41) is 0. The molecule has 0 amide bonds. The van der Waals surface area contributed by atoms with Gasteiger partial charge >= 0.3 is 0 Å². The van der Waals surface area contributed by atoms with Crippen LogP contribution in [-0.2, 0) is 6.54 Å². The van der Waals surface area contributed by atoms with Crippen LogP contribution in [0.3, 0.4) is 0 Å². The second-order valence-electron chi connectivity index (χ2n) is 3.49. The van der Waals surface area contributed by atoms with E-state index in [0.29, 0.717) is 22.5 Å². The Morgan fingerprint density at radius 2 is 2.06 bits per heavy atom. The number of rotatable bonds is 3. The summed E-state index contributed by atoms with van der Waals surface area (Å²) in [5.74, 6) is -1.92. The van der Waals surface area contributed by atoms with Crippen molar-refractivity contribution in [3.05, 3.63) is 52.3 Å². The Morgan fingerprint density at radius 1 is 1.28 bits per heavy atom. The van der Waals surface area contributed by atoms with Gasteiger partial charge in [0.25, 0.3) is 0 Å². The summed E-state index contributed by atoms with van der Waals surface area (Å²) in [6.45, 7) is 0.306. The van der Waals surface area contributed by atoms with Gasteiger partial charge in [-0.3, -0.25) is 4.98 Å². The minimum atomic E-state index is -1.04. The normalized spacial score (nSPS) is 10.4. The third-order valence-electron chi connectivity index (χ3n) is 2.19. The molecule has 0 bridgehead atoms. The van der Waals surface area contributed by atoms with Gasteiger partial charge < -0.3 is 10.5 Å². The lowest BCUT2D eigenvalue weighted by Gasteiger charge is -2.08. The summed E-state index contributed by atoms with van der Waals surface area (Å²) >= 11 is 3.06. The van der Waals surface area contributed by atoms with Crippen LogP contribution in [0.2, 0.25) is 0 Å². The number of aromatic nitrogens is 1. The molecule has 2 N–H and O–H groups in total. The highest BCUT2D eigenvalue weighted by Crippen LogP contribution is 2.29. The van der Waals surface area contributed by atoms with E-state index in [1.165, 1.54) is 12.3 Å². The first-order valence-electron chi connectivity index (χ1n) is 5.07. The standard InChI is InChI=1S/C12H9BrF2N2O/c13-7-3-10(14)12(15)11(4-7)18-9-2-1-8(5-16)17-6-9/h1-4,6H,5,16H2. The lowest BCUT2D eigenvalue weighted by molar-refractivity contribution is 0.414. The molecule has 0 unspecified atom stereocenters. The average Bonchev–Trinajstić information content (AvgIpc) is 2.36. The molecule has 6 heteroatoms. The molecule has 0 fully saturated rings. The molecule has 0 radical (unpaired) electrons. The minimum Gasteiger partial charge on any atom is -0.453 e. The van der Waals surface area contributed by atoms with Gasteiger partial charge in [-0.25, -0.2) is 4.39 Å². The molecular formula is C12H9BrF2N2O. The highest BCUT2D eigenvalue weighted by Gasteiger charge is 2.12. The zero-order valence-corrected chi connectivity index (χ0v) is 10.7. The van der Waals surface area contributed by atoms with E-state index in [0.717, 1.165) is 6.07 Å². The molecule has 94 valence electrons. The van der Waals surface area contributed by atoms with Crippen LogP contribution in [0.5, 0.6) is 11.5 Å². The van der Waals surface area contributed by atoms with Gasteiger partial charge in [-0.2, -0.15) is 4.39 Å². The van der Waals surface area contributed by atoms with Crippen LogP contribution in [0.25, 0.3) is 0 Å². The zero-order valence-electron chi connectivity index (χ0n) is 9.16. The molecule has 2 rings (SSSR count). The molecule has 2 aromatic rings. The Labute approximate surface area is 111 Å². The van der Waals surface area contributed by atoms with Gasteiger partial charge in [-0.15, -0.1) is 0 Å². The summed E-state index contributed by atoms with van der Waals surface area (Å²) < 4.78 is 32.2. The van der Waals surface area contributed by atoms with E-state index in [-0.39, 0.29) is 5.75 Å². The van der Waals surface area contributed by atoms with Crippen LogP contribution < -0.4 is 10.5 Å². The maximum Gasteiger partial charge on any atom is 0.201 e. The number of nitrogens with two attached hydrogens (primary N) is 1. The fourth-order valence-electron chi connectivity index (χ4n) is 1.33. The third kappa shape index (κ3) is 2.83. The Morgan fingerprint density at radius 3 is 2.67 bits per heavy atom. The SMILES string of the molecule is NCc1ccc(Oc2cc(Br)cc(F)c2F)cn1. The minimum absolute atomic E-state index is 0.204. The van der Waals surface area contributed by atoms with E-state index in [2.05, 4.69) is 20.9 Å². The monoisotopic (exact) mass is 314 g/mol. The first kappa shape index (κ1) is 12.9. The largest absolute Gasteiger partial charge is 0.453 e. The van der Waals surface area contributed by atoms with E-state index in [1.54, 1.807) is 12.1 Å². The predicted molar refractivity (Wildman–Crippen MR) is 66.3 cm³/mol. The fraction of sp³-hybridized carbons (Fsp3) is 0.0833. The lowest BCUT2D eigenvalue weighted by Crippen LogP contribution is -1.99. The number of hydrogen-bond donors (Lipinski definition) is 1. The van der Waals surface area contributed by atoms with Crippen molar-refractivity contribution in [3.8, 4) is 11.5 Å². The van der Waals surface area contributed by atoms with E-state index in [9.17, 15) is 8.78 Å². The number of ether oxygens (including phenoxy) is 1. The Kier molecular flexibility index (Phi) is 3.88. The maximum absolute atomic E-state index is 13.5. The van der Waals surface area contributed by atoms with Gasteiger partial charge in [0.05, 0.1) is 11.9 Å². The number of nitrogens with zero attached hydrogens (tertiary/aromatic N) is 1. The van der Waals surface area contributed by atoms with Crippen molar-refractivity contribution < 1.29 is 13.5 Å². The van der Waals surface area contributed by atoms with Crippen LogP contribution in [0.1, 0.15) is 5.69 Å². The van der Waals surface area contributed by atoms with Gasteiger partial charge in [0.1, 0.15) is 5.75 Å². The smallest absolute Gasteiger partial charge is 0.201 e. The molecule has 0 saturated heterocycles. The Hall–Kier alpha value is -1.53. The zero-order chi connectivity index (χ0) is 13.1. The van der Waals surface area contributed by atoms with Crippen molar-refractivity contribution in [2.24, 2.45) is 5.73 Å². The van der Waals surface area contributed by atoms with E-state index in [1.807, 2.05) is 0 Å². The molecule has 0 aliphatic rings. The van der Waals surface area contributed by atoms with Crippen molar-refractivity contribution in [2.45, 2.75) is 6.54 Å². The Bertz CT molecular complexity index is 561. The number of benzene rings is 1. The first-order chi connectivity index (χ1) is 8.60. The number of halogens is 3. The van der Waals surface area contributed by atoms with E-state index >= 15 is 0 Å². The van der Waals surface area contributed by atoms with Crippen molar-refractivity contribution in [1.82, 2.24) is 4.98 Å². The molecule has 1 aromatic heterocycles. The molecule has 0 spiro atoms. The van der Waals surface area contributed by atoms with E-state index < -0.39 is 11.6 Å². The highest BCUT2D eigenvalue weighted by molar-refractivity contribution is 9.10. The maximum atomic E-state index is 13.5. The van der Waals surface area contributed by atoms with Crippen LogP contribution in [-0.4, -0.2) is 4.98 Å². The fourth-order valence-corrected chi connectivity index (χ4v) is 1.73. The molecule has 1 aromatic carbocycles. The third-order valence-corrected chi connectivity index (χ3v) is 2.65. The van der Waals surface area contributed by atoms with Gasteiger partial charge in [0.15, 0.2) is 11.6 Å². The molecule has 18 heavy (non-hydrogen) atoms. The van der Waals surface area contributed by atoms with Crippen LogP contribution >= 0.6 is 15.9 Å². The van der Waals surface area contributed by atoms with Gasteiger partial charge in [0, 0.05) is 11.0 Å².